The van der Waals surface area contributed by atoms with E-state index < -0.39 is 0 Å². The highest BCUT2D eigenvalue weighted by molar-refractivity contribution is 5.91. The third-order valence-corrected chi connectivity index (χ3v) is 4.06. The van der Waals surface area contributed by atoms with Crippen LogP contribution in [0.2, 0.25) is 0 Å². The fourth-order valence-corrected chi connectivity index (χ4v) is 2.81. The molecule has 3 rings (SSSR count). The van der Waals surface area contributed by atoms with Gasteiger partial charge in [0.2, 0.25) is 5.91 Å². The fraction of sp³-hybridized carbons (Fsp3) is 0.316. The summed E-state index contributed by atoms with van der Waals surface area (Å²) in [6.45, 7) is 0. The van der Waals surface area contributed by atoms with E-state index in [0.717, 1.165) is 31.2 Å². The molecule has 1 saturated carbocycles. The first-order valence-electron chi connectivity index (χ1n) is 8.27. The van der Waals surface area contributed by atoms with Crippen LogP contribution in [-0.2, 0) is 4.79 Å². The maximum absolute atomic E-state index is 12.0. The van der Waals surface area contributed by atoms with Crippen LogP contribution in [0.3, 0.4) is 0 Å². The molecule has 1 aromatic carbocycles. The van der Waals surface area contributed by atoms with Crippen molar-refractivity contribution in [3.8, 4) is 6.01 Å². The van der Waals surface area contributed by atoms with Crippen LogP contribution in [-0.4, -0.2) is 28.0 Å². The Kier molecular flexibility index (Phi) is 5.56. The number of carbonyl (C=O) groups is 1. The lowest BCUT2D eigenvalue weighted by atomic mass is 9.93. The second-order valence-electron chi connectivity index (χ2n) is 5.88. The molecule has 0 unspecified atom stereocenters. The molecule has 1 aromatic heterocycles. The Hall–Kier alpha value is -2.69. The van der Waals surface area contributed by atoms with Crippen molar-refractivity contribution in [2.75, 3.05) is 0 Å². The van der Waals surface area contributed by atoms with E-state index in [2.05, 4.69) is 15.3 Å². The monoisotopic (exact) mass is 323 g/mol. The van der Waals surface area contributed by atoms with Gasteiger partial charge in [0.25, 0.3) is 0 Å². The highest BCUT2D eigenvalue weighted by atomic mass is 16.5. The molecule has 1 fully saturated rings. The summed E-state index contributed by atoms with van der Waals surface area (Å²) in [5, 5.41) is 3.06. The van der Waals surface area contributed by atoms with Crippen LogP contribution in [0.4, 0.5) is 0 Å². The third-order valence-electron chi connectivity index (χ3n) is 4.06. The first kappa shape index (κ1) is 16.2. The normalized spacial score (nSPS) is 20.7. The van der Waals surface area contributed by atoms with Gasteiger partial charge in [-0.2, -0.15) is 0 Å². The molecule has 24 heavy (non-hydrogen) atoms. The van der Waals surface area contributed by atoms with Gasteiger partial charge in [-0.3, -0.25) is 4.79 Å². The summed E-state index contributed by atoms with van der Waals surface area (Å²) in [7, 11) is 0. The molecule has 2 aromatic rings. The van der Waals surface area contributed by atoms with Gasteiger partial charge >= 0.3 is 6.01 Å². The Morgan fingerprint density at radius 3 is 2.46 bits per heavy atom. The van der Waals surface area contributed by atoms with Crippen molar-refractivity contribution in [3.05, 3.63) is 60.4 Å². The lowest BCUT2D eigenvalue weighted by Crippen LogP contribution is -2.39. The number of ether oxygens (including phenoxy) is 1. The van der Waals surface area contributed by atoms with Gasteiger partial charge in [0.1, 0.15) is 6.10 Å². The lowest BCUT2D eigenvalue weighted by molar-refractivity contribution is -0.117. The minimum absolute atomic E-state index is 0.0467. The number of aromatic nitrogens is 2. The zero-order chi connectivity index (χ0) is 16.6. The molecule has 1 heterocycles. The third kappa shape index (κ3) is 4.91. The van der Waals surface area contributed by atoms with Crippen LogP contribution in [0.15, 0.2) is 54.9 Å². The summed E-state index contributed by atoms with van der Waals surface area (Å²) >= 11 is 0. The van der Waals surface area contributed by atoms with Gasteiger partial charge in [0, 0.05) is 24.5 Å². The minimum Gasteiger partial charge on any atom is -0.460 e. The molecule has 124 valence electrons. The van der Waals surface area contributed by atoms with E-state index in [1.54, 1.807) is 24.5 Å². The lowest BCUT2D eigenvalue weighted by Gasteiger charge is -2.28. The van der Waals surface area contributed by atoms with Crippen molar-refractivity contribution in [3.63, 3.8) is 0 Å². The minimum atomic E-state index is -0.0467. The largest absolute Gasteiger partial charge is 0.460 e. The summed E-state index contributed by atoms with van der Waals surface area (Å²) in [6, 6.07) is 12.2. The molecule has 0 bridgehead atoms. The van der Waals surface area contributed by atoms with E-state index in [1.165, 1.54) is 0 Å². The van der Waals surface area contributed by atoms with Gasteiger partial charge in [0.05, 0.1) is 0 Å². The first-order valence-corrected chi connectivity index (χ1v) is 8.27. The summed E-state index contributed by atoms with van der Waals surface area (Å²) < 4.78 is 5.77. The number of nitrogens with zero attached hydrogens (tertiary/aromatic N) is 2. The molecule has 5 nitrogen and oxygen atoms in total. The molecule has 5 heteroatoms. The van der Waals surface area contributed by atoms with Gasteiger partial charge in [-0.1, -0.05) is 30.3 Å². The molecular weight excluding hydrogens is 302 g/mol. The number of hydrogen-bond donors (Lipinski definition) is 1. The Morgan fingerprint density at radius 1 is 1.04 bits per heavy atom. The predicted octanol–water partition coefficient (Wildman–Crippen LogP) is 3.00. The molecule has 0 radical (unpaired) electrons. The van der Waals surface area contributed by atoms with E-state index in [9.17, 15) is 4.79 Å². The van der Waals surface area contributed by atoms with Crippen LogP contribution < -0.4 is 10.1 Å². The zero-order valence-electron chi connectivity index (χ0n) is 13.5. The first-order chi connectivity index (χ1) is 11.8. The Balaban J connectivity index is 1.42. The smallest absolute Gasteiger partial charge is 0.316 e. The summed E-state index contributed by atoms with van der Waals surface area (Å²) in [6.07, 6.45) is 10.5. The standard InChI is InChI=1S/C19H21N3O2/c23-18(12-7-15-5-2-1-3-6-15)22-16-8-10-17(11-9-16)24-19-20-13-4-14-21-19/h1-7,12-14,16-17H,8-11H2,(H,22,23)/b12-7+. The van der Waals surface area contributed by atoms with Gasteiger partial charge in [0.15, 0.2) is 0 Å². The Morgan fingerprint density at radius 2 is 1.75 bits per heavy atom. The average Bonchev–Trinajstić information content (AvgIpc) is 2.63. The molecule has 0 atom stereocenters. The Labute approximate surface area is 141 Å². The van der Waals surface area contributed by atoms with Crippen LogP contribution in [0, 0.1) is 0 Å². The summed E-state index contributed by atoms with van der Waals surface area (Å²) in [5.74, 6) is -0.0467. The van der Waals surface area contributed by atoms with E-state index in [1.807, 2.05) is 36.4 Å². The predicted molar refractivity (Wildman–Crippen MR) is 92.3 cm³/mol. The van der Waals surface area contributed by atoms with Crippen molar-refractivity contribution < 1.29 is 9.53 Å². The number of nitrogens with one attached hydrogen (secondary N) is 1. The van der Waals surface area contributed by atoms with Gasteiger partial charge < -0.3 is 10.1 Å². The van der Waals surface area contributed by atoms with E-state index in [-0.39, 0.29) is 18.1 Å². The molecule has 1 amide bonds. The van der Waals surface area contributed by atoms with E-state index in [4.69, 9.17) is 4.74 Å². The quantitative estimate of drug-likeness (QED) is 0.859. The molecule has 1 N–H and O–H groups in total. The summed E-state index contributed by atoms with van der Waals surface area (Å²) in [4.78, 5) is 20.2. The molecule has 0 saturated heterocycles. The zero-order valence-corrected chi connectivity index (χ0v) is 13.5. The highest BCUT2D eigenvalue weighted by Gasteiger charge is 2.23. The fourth-order valence-electron chi connectivity index (χ4n) is 2.81. The van der Waals surface area contributed by atoms with Crippen molar-refractivity contribution in [2.45, 2.75) is 37.8 Å². The summed E-state index contributed by atoms with van der Waals surface area (Å²) in [5.41, 5.74) is 1.02. The van der Waals surface area contributed by atoms with Crippen molar-refractivity contribution in [1.29, 1.82) is 0 Å². The molecule has 1 aliphatic carbocycles. The SMILES string of the molecule is O=C(/C=C/c1ccccc1)NC1CCC(Oc2ncccn2)CC1. The van der Waals surface area contributed by atoms with Crippen molar-refractivity contribution >= 4 is 12.0 Å². The maximum Gasteiger partial charge on any atom is 0.316 e. The number of amides is 1. The van der Waals surface area contributed by atoms with Gasteiger partial charge in [-0.05, 0) is 43.4 Å². The molecular formula is C19H21N3O2. The van der Waals surface area contributed by atoms with Gasteiger partial charge in [-0.15, -0.1) is 0 Å². The van der Waals surface area contributed by atoms with Crippen LogP contribution >= 0.6 is 0 Å². The second kappa shape index (κ2) is 8.24. The van der Waals surface area contributed by atoms with Crippen LogP contribution in [0.5, 0.6) is 6.01 Å². The molecule has 0 spiro atoms. The average molecular weight is 323 g/mol. The highest BCUT2D eigenvalue weighted by Crippen LogP contribution is 2.22. The number of carbonyl (C=O) groups excluding carboxylic acids is 1. The number of hydrogen-bond acceptors (Lipinski definition) is 4. The van der Waals surface area contributed by atoms with Crippen molar-refractivity contribution in [2.24, 2.45) is 0 Å². The molecule has 0 aliphatic heterocycles. The Bertz CT molecular complexity index is 666. The topological polar surface area (TPSA) is 64.1 Å². The van der Waals surface area contributed by atoms with E-state index in [0.29, 0.717) is 6.01 Å². The van der Waals surface area contributed by atoms with Crippen molar-refractivity contribution in [1.82, 2.24) is 15.3 Å². The van der Waals surface area contributed by atoms with E-state index >= 15 is 0 Å². The van der Waals surface area contributed by atoms with Gasteiger partial charge in [-0.25, -0.2) is 9.97 Å². The second-order valence-corrected chi connectivity index (χ2v) is 5.88. The maximum atomic E-state index is 12.0. The van der Waals surface area contributed by atoms with Crippen LogP contribution in [0.1, 0.15) is 31.2 Å². The number of benzene rings is 1. The number of rotatable bonds is 5. The van der Waals surface area contributed by atoms with Crippen LogP contribution in [0.25, 0.3) is 6.08 Å². The molecule has 1 aliphatic rings.